The van der Waals surface area contributed by atoms with Gasteiger partial charge in [-0.3, -0.25) is 4.98 Å². The highest BCUT2D eigenvalue weighted by Crippen LogP contribution is 2.18. The lowest BCUT2D eigenvalue weighted by Gasteiger charge is -2.31. The van der Waals surface area contributed by atoms with Gasteiger partial charge in [0.25, 0.3) is 0 Å². The fourth-order valence-corrected chi connectivity index (χ4v) is 2.80. The van der Waals surface area contributed by atoms with Gasteiger partial charge in [0.15, 0.2) is 0 Å². The predicted molar refractivity (Wildman–Crippen MR) is 75.5 cm³/mol. The quantitative estimate of drug-likeness (QED) is 0.887. The van der Waals surface area contributed by atoms with Gasteiger partial charge in [-0.1, -0.05) is 6.92 Å². The number of pyridine rings is 1. The molecule has 1 fully saturated rings. The van der Waals surface area contributed by atoms with Crippen molar-refractivity contribution < 1.29 is 4.39 Å². The van der Waals surface area contributed by atoms with Gasteiger partial charge < -0.3 is 10.2 Å². The molecule has 2 atom stereocenters. The summed E-state index contributed by atoms with van der Waals surface area (Å²) in [6.45, 7) is 5.53. The van der Waals surface area contributed by atoms with Gasteiger partial charge in [-0.05, 0) is 57.5 Å². The predicted octanol–water partition coefficient (Wildman–Crippen LogP) is 2.60. The molecule has 0 amide bonds. The molecule has 0 saturated carbocycles. The van der Waals surface area contributed by atoms with Gasteiger partial charge in [-0.2, -0.15) is 0 Å². The van der Waals surface area contributed by atoms with Crippen LogP contribution in [-0.2, 0) is 0 Å². The fourth-order valence-electron chi connectivity index (χ4n) is 2.80. The lowest BCUT2D eigenvalue weighted by atomic mass is 9.97. The van der Waals surface area contributed by atoms with Gasteiger partial charge in [-0.25, -0.2) is 4.39 Å². The molecule has 1 aromatic rings. The molecule has 1 N–H and O–H groups in total. The van der Waals surface area contributed by atoms with Crippen molar-refractivity contribution in [2.45, 2.75) is 32.2 Å². The van der Waals surface area contributed by atoms with E-state index in [1.807, 2.05) is 0 Å². The van der Waals surface area contributed by atoms with Crippen LogP contribution in [0.15, 0.2) is 18.3 Å². The molecule has 0 aromatic carbocycles. The van der Waals surface area contributed by atoms with Crippen molar-refractivity contribution in [3.8, 4) is 0 Å². The molecule has 0 spiro atoms. The van der Waals surface area contributed by atoms with Gasteiger partial charge in [0.2, 0.25) is 0 Å². The number of piperidine rings is 1. The van der Waals surface area contributed by atoms with E-state index in [-0.39, 0.29) is 11.9 Å². The summed E-state index contributed by atoms with van der Waals surface area (Å²) in [6.07, 6.45) is 4.86. The smallest absolute Gasteiger partial charge is 0.141 e. The van der Waals surface area contributed by atoms with Gasteiger partial charge >= 0.3 is 0 Å². The number of halogens is 1. The maximum absolute atomic E-state index is 12.9. The number of hydrogen-bond acceptors (Lipinski definition) is 3. The van der Waals surface area contributed by atoms with Crippen LogP contribution in [0.2, 0.25) is 0 Å². The Bertz CT molecular complexity index is 379. The third-order valence-electron chi connectivity index (χ3n) is 3.89. The highest BCUT2D eigenvalue weighted by Gasteiger charge is 2.19. The molecule has 0 radical (unpaired) electrons. The van der Waals surface area contributed by atoms with Crippen molar-refractivity contribution in [3.63, 3.8) is 0 Å². The Kier molecular flexibility index (Phi) is 5.28. The summed E-state index contributed by atoms with van der Waals surface area (Å²) in [4.78, 5) is 6.58. The lowest BCUT2D eigenvalue weighted by molar-refractivity contribution is 0.202. The molecule has 2 rings (SSSR count). The molecule has 0 aliphatic carbocycles. The molecule has 4 heteroatoms. The first kappa shape index (κ1) is 14.4. The Labute approximate surface area is 115 Å². The largest absolute Gasteiger partial charge is 0.308 e. The zero-order chi connectivity index (χ0) is 13.7. The first-order valence-corrected chi connectivity index (χ1v) is 7.22. The Balaban J connectivity index is 1.87. The molecule has 1 aromatic heterocycles. The molecule has 1 aliphatic rings. The molecule has 19 heavy (non-hydrogen) atoms. The standard InChI is InChI=1S/C15H24FN3/c1-3-14(15-7-6-13(16)10-18-15)17-9-12-5-4-8-19(2)11-12/h6-7,10,12,14,17H,3-5,8-9,11H2,1-2H3. The second-order valence-electron chi connectivity index (χ2n) is 5.54. The SMILES string of the molecule is CCC(NCC1CCCN(C)C1)c1ccc(F)cn1. The van der Waals surface area contributed by atoms with E-state index in [1.54, 1.807) is 6.07 Å². The van der Waals surface area contributed by atoms with Crippen LogP contribution in [0.4, 0.5) is 4.39 Å². The second kappa shape index (κ2) is 6.96. The number of likely N-dealkylation sites (tertiary alicyclic amines) is 1. The fraction of sp³-hybridized carbons (Fsp3) is 0.667. The first-order valence-electron chi connectivity index (χ1n) is 7.22. The molecule has 2 heterocycles. The monoisotopic (exact) mass is 265 g/mol. The van der Waals surface area contributed by atoms with Gasteiger partial charge in [-0.15, -0.1) is 0 Å². The van der Waals surface area contributed by atoms with Crippen LogP contribution >= 0.6 is 0 Å². The average Bonchev–Trinajstić information content (AvgIpc) is 2.41. The molecular formula is C15H24FN3. The van der Waals surface area contributed by atoms with Crippen molar-refractivity contribution in [1.29, 1.82) is 0 Å². The number of nitrogens with zero attached hydrogens (tertiary/aromatic N) is 2. The van der Waals surface area contributed by atoms with E-state index < -0.39 is 0 Å². The minimum Gasteiger partial charge on any atom is -0.308 e. The molecular weight excluding hydrogens is 241 g/mol. The first-order chi connectivity index (χ1) is 9.19. The lowest BCUT2D eigenvalue weighted by Crippen LogP contribution is -2.38. The van der Waals surface area contributed by atoms with E-state index in [9.17, 15) is 4.39 Å². The van der Waals surface area contributed by atoms with Crippen LogP contribution in [0, 0.1) is 11.7 Å². The Morgan fingerprint density at radius 1 is 1.53 bits per heavy atom. The summed E-state index contributed by atoms with van der Waals surface area (Å²) < 4.78 is 12.9. The topological polar surface area (TPSA) is 28.2 Å². The molecule has 0 bridgehead atoms. The van der Waals surface area contributed by atoms with Crippen molar-refractivity contribution in [1.82, 2.24) is 15.2 Å². The van der Waals surface area contributed by atoms with E-state index in [0.717, 1.165) is 18.7 Å². The van der Waals surface area contributed by atoms with Crippen LogP contribution < -0.4 is 5.32 Å². The van der Waals surface area contributed by atoms with Crippen molar-refractivity contribution in [3.05, 3.63) is 29.8 Å². The van der Waals surface area contributed by atoms with Gasteiger partial charge in [0.05, 0.1) is 11.9 Å². The summed E-state index contributed by atoms with van der Waals surface area (Å²) in [5.41, 5.74) is 0.938. The molecule has 106 valence electrons. The Morgan fingerprint density at radius 2 is 2.37 bits per heavy atom. The normalized spacial score (nSPS) is 22.4. The second-order valence-corrected chi connectivity index (χ2v) is 5.54. The van der Waals surface area contributed by atoms with Crippen LogP contribution in [0.25, 0.3) is 0 Å². The summed E-state index contributed by atoms with van der Waals surface area (Å²) in [5, 5.41) is 3.58. The zero-order valence-electron chi connectivity index (χ0n) is 11.9. The summed E-state index contributed by atoms with van der Waals surface area (Å²) in [6, 6.07) is 3.50. The molecule has 3 nitrogen and oxygen atoms in total. The summed E-state index contributed by atoms with van der Waals surface area (Å²) in [7, 11) is 2.19. The van der Waals surface area contributed by atoms with E-state index >= 15 is 0 Å². The third kappa shape index (κ3) is 4.25. The minimum absolute atomic E-state index is 0.229. The van der Waals surface area contributed by atoms with Crippen molar-refractivity contribution >= 4 is 0 Å². The van der Waals surface area contributed by atoms with Crippen LogP contribution in [-0.4, -0.2) is 36.6 Å². The van der Waals surface area contributed by atoms with E-state index in [0.29, 0.717) is 5.92 Å². The number of nitrogens with one attached hydrogen (secondary N) is 1. The van der Waals surface area contributed by atoms with Crippen LogP contribution in [0.5, 0.6) is 0 Å². The molecule has 1 saturated heterocycles. The zero-order valence-corrected chi connectivity index (χ0v) is 11.9. The number of hydrogen-bond donors (Lipinski definition) is 1. The average molecular weight is 265 g/mol. The van der Waals surface area contributed by atoms with E-state index in [4.69, 9.17) is 0 Å². The van der Waals surface area contributed by atoms with Crippen molar-refractivity contribution in [2.24, 2.45) is 5.92 Å². The van der Waals surface area contributed by atoms with E-state index in [1.165, 1.54) is 38.2 Å². The van der Waals surface area contributed by atoms with E-state index in [2.05, 4.69) is 29.2 Å². The third-order valence-corrected chi connectivity index (χ3v) is 3.89. The highest BCUT2D eigenvalue weighted by atomic mass is 19.1. The number of aromatic nitrogens is 1. The Hall–Kier alpha value is -1.00. The number of rotatable bonds is 5. The molecule has 2 unspecified atom stereocenters. The maximum Gasteiger partial charge on any atom is 0.141 e. The van der Waals surface area contributed by atoms with Crippen molar-refractivity contribution in [2.75, 3.05) is 26.7 Å². The van der Waals surface area contributed by atoms with Gasteiger partial charge in [0.1, 0.15) is 5.82 Å². The van der Waals surface area contributed by atoms with Crippen LogP contribution in [0.1, 0.15) is 37.9 Å². The minimum atomic E-state index is -0.271. The van der Waals surface area contributed by atoms with Gasteiger partial charge in [0, 0.05) is 12.6 Å². The molecule has 1 aliphatic heterocycles. The summed E-state index contributed by atoms with van der Waals surface area (Å²) >= 11 is 0. The summed E-state index contributed by atoms with van der Waals surface area (Å²) in [5.74, 6) is 0.445. The maximum atomic E-state index is 12.9. The Morgan fingerprint density at radius 3 is 3.00 bits per heavy atom. The van der Waals surface area contributed by atoms with Crippen LogP contribution in [0.3, 0.4) is 0 Å². The highest BCUT2D eigenvalue weighted by molar-refractivity contribution is 5.09.